The Kier molecular flexibility index (Phi) is 5.59. The van der Waals surface area contributed by atoms with Gasteiger partial charge in [0.2, 0.25) is 0 Å². The van der Waals surface area contributed by atoms with Crippen molar-refractivity contribution in [1.82, 2.24) is 0 Å². The zero-order valence-electron chi connectivity index (χ0n) is 11.7. The number of hydrogen-bond acceptors (Lipinski definition) is 4. The van der Waals surface area contributed by atoms with E-state index in [-0.39, 0.29) is 17.8 Å². The Bertz CT molecular complexity index is 550. The average Bonchev–Trinajstić information content (AvgIpc) is 2.45. The fourth-order valence-electron chi connectivity index (χ4n) is 1.85. The van der Waals surface area contributed by atoms with Crippen LogP contribution in [-0.2, 0) is 15.7 Å². The molecule has 1 aromatic carbocycles. The van der Waals surface area contributed by atoms with Crippen LogP contribution in [0.5, 0.6) is 0 Å². The third kappa shape index (κ3) is 4.38. The molecule has 21 heavy (non-hydrogen) atoms. The fraction of sp³-hybridized carbons (Fsp3) is 0.429. The molecule has 0 heterocycles. The van der Waals surface area contributed by atoms with Gasteiger partial charge in [-0.15, -0.1) is 0 Å². The van der Waals surface area contributed by atoms with E-state index < -0.39 is 17.7 Å². The lowest BCUT2D eigenvalue weighted by atomic mass is 10.1. The highest BCUT2D eigenvalue weighted by atomic mass is 19.4. The molecule has 1 aromatic rings. The van der Waals surface area contributed by atoms with Gasteiger partial charge in [0.1, 0.15) is 12.6 Å². The summed E-state index contributed by atoms with van der Waals surface area (Å²) in [4.78, 5) is 12.9. The molecular formula is C14H15F3N2O2. The Morgan fingerprint density at radius 1 is 1.43 bits per heavy atom. The fourth-order valence-corrected chi connectivity index (χ4v) is 1.85. The van der Waals surface area contributed by atoms with Crippen molar-refractivity contribution < 1.29 is 22.7 Å². The van der Waals surface area contributed by atoms with Crippen molar-refractivity contribution in [2.45, 2.75) is 19.5 Å². The molecule has 0 aliphatic heterocycles. The van der Waals surface area contributed by atoms with Crippen LogP contribution >= 0.6 is 0 Å². The summed E-state index contributed by atoms with van der Waals surface area (Å²) >= 11 is 0. The summed E-state index contributed by atoms with van der Waals surface area (Å²) in [7, 11) is 1.23. The van der Waals surface area contributed by atoms with Gasteiger partial charge in [-0.1, -0.05) is 6.92 Å². The van der Waals surface area contributed by atoms with Crippen molar-refractivity contribution in [3.63, 3.8) is 0 Å². The molecule has 0 radical (unpaired) electrons. The topological polar surface area (TPSA) is 53.3 Å². The molecule has 7 heteroatoms. The molecule has 0 unspecified atom stereocenters. The number of nitriles is 1. The second kappa shape index (κ2) is 6.97. The van der Waals surface area contributed by atoms with E-state index in [1.54, 1.807) is 6.07 Å². The smallest absolute Gasteiger partial charge is 0.416 e. The second-order valence-corrected chi connectivity index (χ2v) is 4.34. The van der Waals surface area contributed by atoms with Crippen molar-refractivity contribution >= 4 is 11.7 Å². The minimum atomic E-state index is -4.51. The first-order valence-corrected chi connectivity index (χ1v) is 6.26. The van der Waals surface area contributed by atoms with E-state index in [0.717, 1.165) is 12.1 Å². The van der Waals surface area contributed by atoms with E-state index in [1.165, 1.54) is 18.1 Å². The van der Waals surface area contributed by atoms with Crippen LogP contribution in [0.1, 0.15) is 24.5 Å². The van der Waals surface area contributed by atoms with Gasteiger partial charge in [0.25, 0.3) is 0 Å². The second-order valence-electron chi connectivity index (χ2n) is 4.34. The molecule has 0 aliphatic carbocycles. The third-order valence-corrected chi connectivity index (χ3v) is 2.83. The summed E-state index contributed by atoms with van der Waals surface area (Å²) in [5, 5.41) is 9.06. The van der Waals surface area contributed by atoms with Gasteiger partial charge in [-0.2, -0.15) is 18.4 Å². The largest absolute Gasteiger partial charge is 0.468 e. The Balaban J connectivity index is 3.20. The van der Waals surface area contributed by atoms with Gasteiger partial charge in [0, 0.05) is 6.54 Å². The van der Waals surface area contributed by atoms with Gasteiger partial charge >= 0.3 is 12.1 Å². The summed E-state index contributed by atoms with van der Waals surface area (Å²) in [5.41, 5.74) is -0.725. The number of nitrogens with zero attached hydrogens (tertiary/aromatic N) is 2. The normalized spacial score (nSPS) is 10.9. The lowest BCUT2D eigenvalue weighted by molar-refractivity contribution is -0.139. The lowest BCUT2D eigenvalue weighted by Crippen LogP contribution is -2.32. The summed E-state index contributed by atoms with van der Waals surface area (Å²) in [6.07, 6.45) is -3.84. The number of ether oxygens (including phenoxy) is 1. The molecule has 0 aliphatic rings. The Hall–Kier alpha value is -2.23. The van der Waals surface area contributed by atoms with Gasteiger partial charge < -0.3 is 9.64 Å². The molecule has 0 atom stereocenters. The Labute approximate surface area is 120 Å². The first-order chi connectivity index (χ1) is 9.83. The van der Waals surface area contributed by atoms with E-state index in [4.69, 9.17) is 5.26 Å². The minimum Gasteiger partial charge on any atom is -0.468 e. The number of benzene rings is 1. The molecule has 4 nitrogen and oxygen atoms in total. The number of carbonyl (C=O) groups excluding carboxylic acids is 1. The zero-order valence-corrected chi connectivity index (χ0v) is 11.7. The number of alkyl halides is 3. The summed E-state index contributed by atoms with van der Waals surface area (Å²) in [6, 6.07) is 4.64. The standard InChI is InChI=1S/C14H15F3N2O2/c1-3-6-19(9-13(20)21-2)12-5-4-11(14(15,16)17)7-10(12)8-18/h4-5,7H,3,6,9H2,1-2H3. The van der Waals surface area contributed by atoms with Crippen LogP contribution in [0, 0.1) is 11.3 Å². The molecule has 0 aromatic heterocycles. The van der Waals surface area contributed by atoms with Crippen molar-refractivity contribution in [1.29, 1.82) is 5.26 Å². The van der Waals surface area contributed by atoms with E-state index in [9.17, 15) is 18.0 Å². The minimum absolute atomic E-state index is 0.121. The van der Waals surface area contributed by atoms with Crippen LogP contribution in [0.15, 0.2) is 18.2 Å². The molecule has 0 saturated carbocycles. The maximum absolute atomic E-state index is 12.7. The van der Waals surface area contributed by atoms with Crippen molar-refractivity contribution in [3.8, 4) is 6.07 Å². The molecule has 0 fully saturated rings. The Morgan fingerprint density at radius 2 is 2.10 bits per heavy atom. The van der Waals surface area contributed by atoms with E-state index in [1.807, 2.05) is 6.92 Å². The summed E-state index contributed by atoms with van der Waals surface area (Å²) in [5.74, 6) is -0.521. The summed E-state index contributed by atoms with van der Waals surface area (Å²) < 4.78 is 42.5. The van der Waals surface area contributed by atoms with Gasteiger partial charge in [0.15, 0.2) is 0 Å². The molecular weight excluding hydrogens is 285 g/mol. The van der Waals surface area contributed by atoms with Crippen LogP contribution < -0.4 is 4.90 Å². The van der Waals surface area contributed by atoms with Crippen LogP contribution in [-0.4, -0.2) is 26.2 Å². The average molecular weight is 300 g/mol. The number of rotatable bonds is 5. The number of hydrogen-bond donors (Lipinski definition) is 0. The monoisotopic (exact) mass is 300 g/mol. The predicted octanol–water partition coefficient (Wildman–Crippen LogP) is 2.97. The number of carbonyl (C=O) groups is 1. The quantitative estimate of drug-likeness (QED) is 0.785. The predicted molar refractivity (Wildman–Crippen MR) is 70.7 cm³/mol. The van der Waals surface area contributed by atoms with E-state index >= 15 is 0 Å². The highest BCUT2D eigenvalue weighted by Gasteiger charge is 2.31. The lowest BCUT2D eigenvalue weighted by Gasteiger charge is -2.24. The molecule has 0 saturated heterocycles. The summed E-state index contributed by atoms with van der Waals surface area (Å²) in [6.45, 7) is 2.17. The number of anilines is 1. The zero-order chi connectivity index (χ0) is 16.0. The number of methoxy groups -OCH3 is 1. The molecule has 0 spiro atoms. The molecule has 1 rings (SSSR count). The third-order valence-electron chi connectivity index (χ3n) is 2.83. The van der Waals surface area contributed by atoms with Gasteiger partial charge in [-0.3, -0.25) is 4.79 Å². The first kappa shape index (κ1) is 16.8. The Morgan fingerprint density at radius 3 is 2.57 bits per heavy atom. The van der Waals surface area contributed by atoms with E-state index in [0.29, 0.717) is 13.0 Å². The first-order valence-electron chi connectivity index (χ1n) is 6.26. The maximum atomic E-state index is 12.7. The van der Waals surface area contributed by atoms with E-state index in [2.05, 4.69) is 4.74 Å². The van der Waals surface area contributed by atoms with Crippen LogP contribution in [0.25, 0.3) is 0 Å². The van der Waals surface area contributed by atoms with Gasteiger partial charge in [-0.05, 0) is 24.6 Å². The number of esters is 1. The number of halogens is 3. The van der Waals surface area contributed by atoms with Crippen molar-refractivity contribution in [3.05, 3.63) is 29.3 Å². The molecule has 0 bridgehead atoms. The molecule has 0 N–H and O–H groups in total. The van der Waals surface area contributed by atoms with Gasteiger partial charge in [-0.25, -0.2) is 0 Å². The van der Waals surface area contributed by atoms with Crippen LogP contribution in [0.2, 0.25) is 0 Å². The maximum Gasteiger partial charge on any atom is 0.416 e. The van der Waals surface area contributed by atoms with Crippen LogP contribution in [0.4, 0.5) is 18.9 Å². The van der Waals surface area contributed by atoms with Crippen molar-refractivity contribution in [2.75, 3.05) is 25.1 Å². The van der Waals surface area contributed by atoms with Crippen LogP contribution in [0.3, 0.4) is 0 Å². The molecule has 114 valence electrons. The SMILES string of the molecule is CCCN(CC(=O)OC)c1ccc(C(F)(F)F)cc1C#N. The van der Waals surface area contributed by atoms with Crippen molar-refractivity contribution in [2.24, 2.45) is 0 Å². The highest BCUT2D eigenvalue weighted by Crippen LogP contribution is 2.32. The molecule has 0 amide bonds. The highest BCUT2D eigenvalue weighted by molar-refractivity contribution is 5.77. The van der Waals surface area contributed by atoms with Gasteiger partial charge in [0.05, 0.1) is 23.9 Å².